The molecule has 13 heavy (non-hydrogen) atoms. The minimum atomic E-state index is -0.0666. The summed E-state index contributed by atoms with van der Waals surface area (Å²) in [5, 5.41) is 16.5. The molecule has 0 unspecified atom stereocenters. The van der Waals surface area contributed by atoms with E-state index < -0.39 is 0 Å². The first-order valence-electron chi connectivity index (χ1n) is 3.89. The van der Waals surface area contributed by atoms with E-state index in [9.17, 15) is 0 Å². The van der Waals surface area contributed by atoms with E-state index >= 15 is 0 Å². The van der Waals surface area contributed by atoms with Crippen LogP contribution in [0.25, 0.3) is 0 Å². The highest BCUT2D eigenvalue weighted by Crippen LogP contribution is 1.82. The molecule has 0 aliphatic carbocycles. The van der Waals surface area contributed by atoms with E-state index in [-0.39, 0.29) is 5.57 Å². The van der Waals surface area contributed by atoms with Crippen LogP contribution in [0.15, 0.2) is 23.2 Å². The highest BCUT2D eigenvalue weighted by atomic mass is 15.0. The fourth-order valence-electron chi connectivity index (χ4n) is 0.314. The zero-order chi connectivity index (χ0) is 10.7. The zero-order valence-corrected chi connectivity index (χ0v) is 8.42. The molecule has 0 aliphatic rings. The molecule has 0 saturated heterocycles. The topological polar surface area (TPSA) is 50.8 Å². The average Bonchev–Trinajstić information content (AvgIpc) is 2.15. The first-order chi connectivity index (χ1) is 6.20. The van der Waals surface area contributed by atoms with Crippen molar-refractivity contribution in [3.05, 3.63) is 23.2 Å². The van der Waals surface area contributed by atoms with Crippen molar-refractivity contribution < 1.29 is 0 Å². The van der Waals surface area contributed by atoms with Crippen LogP contribution in [-0.4, -0.2) is 19.0 Å². The molecular weight excluding hydrogens is 162 g/mol. The second kappa shape index (κ2) is 10.1. The van der Waals surface area contributed by atoms with Crippen LogP contribution in [-0.2, 0) is 0 Å². The smallest absolute Gasteiger partial charge is 0.179 e. The number of nitrogens with zero attached hydrogens (tertiary/aromatic N) is 3. The van der Waals surface area contributed by atoms with Crippen LogP contribution in [0.4, 0.5) is 0 Å². The van der Waals surface area contributed by atoms with Crippen LogP contribution >= 0.6 is 0 Å². The van der Waals surface area contributed by atoms with Gasteiger partial charge in [0.25, 0.3) is 0 Å². The summed E-state index contributed by atoms with van der Waals surface area (Å²) in [6.45, 7) is 4.00. The molecule has 0 amide bonds. The minimum Gasteiger partial charge on any atom is -0.377 e. The molecule has 3 heteroatoms. The van der Waals surface area contributed by atoms with E-state index in [1.807, 2.05) is 27.9 Å². The lowest BCUT2D eigenvalue weighted by Crippen LogP contribution is -1.98. The Labute approximate surface area is 79.5 Å². The van der Waals surface area contributed by atoms with Crippen molar-refractivity contribution >= 4 is 0 Å². The molecule has 0 spiro atoms. The SMILES string of the molecule is CC.CN(C)C=C=C=C(C#N)C#N. The minimum absolute atomic E-state index is 0.0666. The van der Waals surface area contributed by atoms with Gasteiger partial charge in [-0.3, -0.25) is 0 Å². The zero-order valence-electron chi connectivity index (χ0n) is 8.42. The average molecular weight is 175 g/mol. The molecule has 0 fully saturated rings. The molecule has 0 aromatic carbocycles. The van der Waals surface area contributed by atoms with E-state index in [0.717, 1.165) is 0 Å². The molecule has 0 heterocycles. The van der Waals surface area contributed by atoms with Gasteiger partial charge in [0.1, 0.15) is 12.1 Å². The fourth-order valence-corrected chi connectivity index (χ4v) is 0.314. The predicted octanol–water partition coefficient (Wildman–Crippen LogP) is 1.82. The molecule has 0 radical (unpaired) electrons. The number of rotatable bonds is 1. The molecule has 0 aromatic rings. The Morgan fingerprint density at radius 3 is 1.92 bits per heavy atom. The normalized spacial score (nSPS) is 5.69. The Morgan fingerprint density at radius 2 is 1.62 bits per heavy atom. The molecule has 3 nitrogen and oxygen atoms in total. The third-order valence-corrected chi connectivity index (χ3v) is 0.744. The van der Waals surface area contributed by atoms with Crippen molar-refractivity contribution in [2.75, 3.05) is 14.1 Å². The van der Waals surface area contributed by atoms with Crippen LogP contribution in [0.2, 0.25) is 0 Å². The molecule has 0 atom stereocenters. The second-order valence-corrected chi connectivity index (χ2v) is 1.96. The maximum atomic E-state index is 8.25. The number of hydrogen-bond donors (Lipinski definition) is 0. The Bertz CT molecular complexity index is 284. The largest absolute Gasteiger partial charge is 0.377 e. The van der Waals surface area contributed by atoms with E-state index in [1.165, 1.54) is 0 Å². The lowest BCUT2D eigenvalue weighted by molar-refractivity contribution is 0.565. The van der Waals surface area contributed by atoms with Crippen LogP contribution in [0.3, 0.4) is 0 Å². The molecule has 0 saturated carbocycles. The maximum absolute atomic E-state index is 8.25. The van der Waals surface area contributed by atoms with Crippen molar-refractivity contribution in [2.24, 2.45) is 0 Å². The van der Waals surface area contributed by atoms with Gasteiger partial charge in [-0.05, 0) is 5.73 Å². The van der Waals surface area contributed by atoms with Gasteiger partial charge < -0.3 is 4.90 Å². The second-order valence-electron chi connectivity index (χ2n) is 1.96. The fraction of sp³-hybridized carbons (Fsp3) is 0.400. The summed E-state index contributed by atoms with van der Waals surface area (Å²) in [5.41, 5.74) is 4.89. The summed E-state index contributed by atoms with van der Waals surface area (Å²) in [5.74, 6) is 0. The molecule has 68 valence electrons. The van der Waals surface area contributed by atoms with Crippen molar-refractivity contribution in [2.45, 2.75) is 13.8 Å². The van der Waals surface area contributed by atoms with E-state index in [0.29, 0.717) is 0 Å². The Balaban J connectivity index is 0. The number of allylic oxidation sites excluding steroid dienone is 1. The first kappa shape index (κ1) is 13.7. The summed E-state index contributed by atoms with van der Waals surface area (Å²) < 4.78 is 0. The summed E-state index contributed by atoms with van der Waals surface area (Å²) >= 11 is 0. The Kier molecular flexibility index (Phi) is 10.6. The summed E-state index contributed by atoms with van der Waals surface area (Å²) in [6, 6.07) is 3.34. The molecule has 0 bridgehead atoms. The van der Waals surface area contributed by atoms with E-state index in [2.05, 4.69) is 11.5 Å². The third-order valence-electron chi connectivity index (χ3n) is 0.744. The molecule has 0 N–H and O–H groups in total. The summed E-state index contributed by atoms with van der Waals surface area (Å²) in [7, 11) is 3.63. The van der Waals surface area contributed by atoms with Crippen molar-refractivity contribution in [1.29, 1.82) is 10.5 Å². The quantitative estimate of drug-likeness (QED) is 0.451. The Morgan fingerprint density at radius 1 is 1.15 bits per heavy atom. The van der Waals surface area contributed by atoms with E-state index in [1.54, 1.807) is 23.2 Å². The Hall–Kier alpha value is -1.92. The van der Waals surface area contributed by atoms with Gasteiger partial charge in [-0.25, -0.2) is 0 Å². The van der Waals surface area contributed by atoms with Gasteiger partial charge in [0.2, 0.25) is 0 Å². The van der Waals surface area contributed by atoms with Gasteiger partial charge in [-0.1, -0.05) is 19.6 Å². The van der Waals surface area contributed by atoms with Crippen LogP contribution < -0.4 is 0 Å². The predicted molar refractivity (Wildman–Crippen MR) is 51.4 cm³/mol. The van der Waals surface area contributed by atoms with Crippen molar-refractivity contribution in [1.82, 2.24) is 4.90 Å². The van der Waals surface area contributed by atoms with Crippen molar-refractivity contribution in [3.8, 4) is 12.1 Å². The van der Waals surface area contributed by atoms with Gasteiger partial charge in [-0.15, -0.1) is 0 Å². The first-order valence-corrected chi connectivity index (χ1v) is 3.89. The lowest BCUT2D eigenvalue weighted by atomic mass is 10.3. The van der Waals surface area contributed by atoms with Crippen LogP contribution in [0, 0.1) is 22.7 Å². The molecule has 0 aliphatic heterocycles. The number of nitriles is 2. The molecule has 0 aromatic heterocycles. The standard InChI is InChI=1S/C8H7N3.C2H6/c1-11(2)5-3-4-8(6-9)7-10;1-2/h5H,1-2H3;1-2H3. The highest BCUT2D eigenvalue weighted by molar-refractivity contribution is 5.33. The highest BCUT2D eigenvalue weighted by Gasteiger charge is 1.83. The molecular formula is C10H13N3. The van der Waals surface area contributed by atoms with Crippen LogP contribution in [0.1, 0.15) is 13.8 Å². The number of hydrogen-bond acceptors (Lipinski definition) is 3. The van der Waals surface area contributed by atoms with Gasteiger partial charge >= 0.3 is 0 Å². The van der Waals surface area contributed by atoms with Crippen LogP contribution in [0.5, 0.6) is 0 Å². The maximum Gasteiger partial charge on any atom is 0.179 e. The monoisotopic (exact) mass is 175 g/mol. The van der Waals surface area contributed by atoms with Crippen molar-refractivity contribution in [3.63, 3.8) is 0 Å². The van der Waals surface area contributed by atoms with Gasteiger partial charge in [0.05, 0.1) is 6.20 Å². The van der Waals surface area contributed by atoms with Gasteiger partial charge in [0, 0.05) is 14.1 Å². The molecule has 0 rings (SSSR count). The lowest BCUT2D eigenvalue weighted by Gasteiger charge is -1.97. The third kappa shape index (κ3) is 10.1. The summed E-state index contributed by atoms with van der Waals surface area (Å²) in [4.78, 5) is 1.74. The van der Waals surface area contributed by atoms with E-state index in [4.69, 9.17) is 10.5 Å². The van der Waals surface area contributed by atoms with Gasteiger partial charge in [0.15, 0.2) is 5.57 Å². The summed E-state index contributed by atoms with van der Waals surface area (Å²) in [6.07, 6.45) is 1.58. The van der Waals surface area contributed by atoms with Gasteiger partial charge in [-0.2, -0.15) is 10.5 Å².